The Kier molecular flexibility index (Phi) is 6.26. The number of benzene rings is 4. The van der Waals surface area contributed by atoms with E-state index in [0.717, 1.165) is 26.2 Å². The van der Waals surface area contributed by atoms with Gasteiger partial charge < -0.3 is 10.1 Å². The van der Waals surface area contributed by atoms with Gasteiger partial charge in [0.2, 0.25) is 0 Å². The standard InChI is InChI=1S/C30H22N4O4S/c1-18(28(36)32-25-17-26(35)34(33-25)20-11-3-2-4-12-20)38-30(37)22-14-8-10-19-9-7-13-21(27(19)22)29-31-23-15-5-6-16-24(23)39-29/h2-18,33H,1H3,(H,32,36). The molecule has 0 aliphatic rings. The Balaban J connectivity index is 1.25. The fourth-order valence-electron chi connectivity index (χ4n) is 4.42. The second-order valence-electron chi connectivity index (χ2n) is 8.91. The lowest BCUT2D eigenvalue weighted by molar-refractivity contribution is -0.123. The summed E-state index contributed by atoms with van der Waals surface area (Å²) in [5, 5.41) is 7.83. The number of aromatic amines is 1. The maximum absolute atomic E-state index is 13.3. The molecule has 2 heterocycles. The minimum Gasteiger partial charge on any atom is -0.449 e. The molecule has 0 aliphatic carbocycles. The van der Waals surface area contributed by atoms with Crippen molar-refractivity contribution in [3.63, 3.8) is 0 Å². The van der Waals surface area contributed by atoms with E-state index in [2.05, 4.69) is 10.4 Å². The largest absolute Gasteiger partial charge is 0.449 e. The van der Waals surface area contributed by atoms with Crippen LogP contribution in [-0.2, 0) is 9.53 Å². The molecule has 0 spiro atoms. The molecule has 8 nitrogen and oxygen atoms in total. The van der Waals surface area contributed by atoms with Gasteiger partial charge in [-0.3, -0.25) is 14.7 Å². The van der Waals surface area contributed by atoms with Crippen molar-refractivity contribution in [1.82, 2.24) is 14.8 Å². The normalized spacial score (nSPS) is 11.9. The van der Waals surface area contributed by atoms with Crippen LogP contribution >= 0.6 is 11.3 Å². The number of para-hydroxylation sites is 2. The molecular weight excluding hydrogens is 512 g/mol. The van der Waals surface area contributed by atoms with Crippen LogP contribution in [0.5, 0.6) is 0 Å². The van der Waals surface area contributed by atoms with Crippen molar-refractivity contribution in [2.24, 2.45) is 0 Å². The summed E-state index contributed by atoms with van der Waals surface area (Å²) in [6.45, 7) is 1.49. The molecule has 0 fully saturated rings. The van der Waals surface area contributed by atoms with E-state index in [-0.39, 0.29) is 11.4 Å². The Labute approximate surface area is 226 Å². The Morgan fingerprint density at radius 1 is 0.949 bits per heavy atom. The minimum absolute atomic E-state index is 0.194. The number of nitrogens with zero attached hydrogens (tertiary/aromatic N) is 2. The second-order valence-corrected chi connectivity index (χ2v) is 9.94. The third kappa shape index (κ3) is 4.71. The lowest BCUT2D eigenvalue weighted by Gasteiger charge is -2.15. The molecular formula is C30H22N4O4S. The fourth-order valence-corrected chi connectivity index (χ4v) is 5.41. The van der Waals surface area contributed by atoms with Crippen LogP contribution in [0.15, 0.2) is 102 Å². The smallest absolute Gasteiger partial charge is 0.339 e. The maximum Gasteiger partial charge on any atom is 0.339 e. The number of carbonyl (C=O) groups excluding carboxylic acids is 2. The topological polar surface area (TPSA) is 106 Å². The first kappa shape index (κ1) is 24.3. The summed E-state index contributed by atoms with van der Waals surface area (Å²) in [6, 6.07) is 29.3. The van der Waals surface area contributed by atoms with E-state index in [1.54, 1.807) is 47.7 Å². The Bertz CT molecular complexity index is 1870. The molecule has 6 rings (SSSR count). The van der Waals surface area contributed by atoms with E-state index < -0.39 is 18.0 Å². The number of ether oxygens (including phenoxy) is 1. The van der Waals surface area contributed by atoms with Gasteiger partial charge in [-0.1, -0.05) is 60.7 Å². The number of nitrogens with one attached hydrogen (secondary N) is 2. The lowest BCUT2D eigenvalue weighted by Crippen LogP contribution is -2.30. The average molecular weight is 535 g/mol. The van der Waals surface area contributed by atoms with Gasteiger partial charge in [-0.2, -0.15) is 0 Å². The van der Waals surface area contributed by atoms with Gasteiger partial charge in [0, 0.05) is 17.0 Å². The van der Waals surface area contributed by atoms with Gasteiger partial charge in [-0.15, -0.1) is 11.3 Å². The first-order chi connectivity index (χ1) is 19.0. The van der Waals surface area contributed by atoms with Crippen LogP contribution in [0.4, 0.5) is 5.82 Å². The molecule has 9 heteroatoms. The highest BCUT2D eigenvalue weighted by Crippen LogP contribution is 2.36. The van der Waals surface area contributed by atoms with E-state index in [9.17, 15) is 14.4 Å². The molecule has 6 aromatic rings. The highest BCUT2D eigenvalue weighted by atomic mass is 32.1. The van der Waals surface area contributed by atoms with Crippen molar-refractivity contribution in [1.29, 1.82) is 0 Å². The summed E-state index contributed by atoms with van der Waals surface area (Å²) in [4.78, 5) is 43.4. The molecule has 1 atom stereocenters. The van der Waals surface area contributed by atoms with Gasteiger partial charge in [0.15, 0.2) is 6.10 Å². The van der Waals surface area contributed by atoms with Crippen molar-refractivity contribution < 1.29 is 14.3 Å². The molecule has 1 amide bonds. The molecule has 0 bridgehead atoms. The fraction of sp³-hybridized carbons (Fsp3) is 0.0667. The molecule has 2 N–H and O–H groups in total. The average Bonchev–Trinajstić information content (AvgIpc) is 3.55. The van der Waals surface area contributed by atoms with Crippen molar-refractivity contribution >= 4 is 50.0 Å². The number of carbonyl (C=O) groups is 2. The number of anilines is 1. The molecule has 0 radical (unpaired) electrons. The van der Waals surface area contributed by atoms with Gasteiger partial charge in [-0.25, -0.2) is 14.5 Å². The highest BCUT2D eigenvalue weighted by Gasteiger charge is 2.23. The van der Waals surface area contributed by atoms with Crippen LogP contribution in [0, 0.1) is 0 Å². The van der Waals surface area contributed by atoms with E-state index >= 15 is 0 Å². The Morgan fingerprint density at radius 3 is 2.49 bits per heavy atom. The van der Waals surface area contributed by atoms with Crippen LogP contribution in [0.25, 0.3) is 37.2 Å². The zero-order valence-electron chi connectivity index (χ0n) is 20.8. The summed E-state index contributed by atoms with van der Waals surface area (Å²) < 4.78 is 7.94. The van der Waals surface area contributed by atoms with Crippen molar-refractivity contribution in [2.45, 2.75) is 13.0 Å². The van der Waals surface area contributed by atoms with E-state index in [1.807, 2.05) is 54.6 Å². The second kappa shape index (κ2) is 10.0. The number of fused-ring (bicyclic) bond motifs is 2. The van der Waals surface area contributed by atoms with E-state index in [1.165, 1.54) is 17.7 Å². The molecule has 192 valence electrons. The number of rotatable bonds is 6. The number of hydrogen-bond acceptors (Lipinski definition) is 6. The third-order valence-electron chi connectivity index (χ3n) is 6.29. The van der Waals surface area contributed by atoms with Crippen LogP contribution in [0.1, 0.15) is 17.3 Å². The minimum atomic E-state index is -1.12. The SMILES string of the molecule is CC(OC(=O)c1cccc2cccc(-c3nc4ccccc4s3)c12)C(=O)Nc1cc(=O)n(-c2ccccc2)[nH]1. The van der Waals surface area contributed by atoms with Gasteiger partial charge in [0.25, 0.3) is 11.5 Å². The number of H-pyrrole nitrogens is 1. The zero-order chi connectivity index (χ0) is 26.9. The summed E-state index contributed by atoms with van der Waals surface area (Å²) in [6.07, 6.45) is -1.12. The highest BCUT2D eigenvalue weighted by molar-refractivity contribution is 7.21. The quantitative estimate of drug-likeness (QED) is 0.264. The van der Waals surface area contributed by atoms with Crippen LogP contribution in [-0.4, -0.2) is 32.7 Å². The molecule has 1 unspecified atom stereocenters. The van der Waals surface area contributed by atoms with Gasteiger partial charge >= 0.3 is 5.97 Å². The zero-order valence-corrected chi connectivity index (χ0v) is 21.6. The predicted molar refractivity (Wildman–Crippen MR) is 152 cm³/mol. The van der Waals surface area contributed by atoms with Crippen molar-refractivity contribution in [3.8, 4) is 16.3 Å². The molecule has 4 aromatic carbocycles. The van der Waals surface area contributed by atoms with Gasteiger partial charge in [-0.05, 0) is 42.6 Å². The Morgan fingerprint density at radius 2 is 1.69 bits per heavy atom. The molecule has 2 aromatic heterocycles. The number of esters is 1. The molecule has 0 aliphatic heterocycles. The first-order valence-electron chi connectivity index (χ1n) is 12.2. The van der Waals surface area contributed by atoms with Crippen LogP contribution in [0.2, 0.25) is 0 Å². The molecule has 39 heavy (non-hydrogen) atoms. The number of thiazole rings is 1. The number of aromatic nitrogens is 3. The number of hydrogen-bond donors (Lipinski definition) is 2. The van der Waals surface area contributed by atoms with Crippen LogP contribution in [0.3, 0.4) is 0 Å². The third-order valence-corrected chi connectivity index (χ3v) is 7.36. The van der Waals surface area contributed by atoms with Crippen molar-refractivity contribution in [2.75, 3.05) is 5.32 Å². The van der Waals surface area contributed by atoms with Gasteiger partial charge in [0.1, 0.15) is 10.8 Å². The predicted octanol–water partition coefficient (Wildman–Crippen LogP) is 5.78. The lowest BCUT2D eigenvalue weighted by atomic mass is 9.99. The molecule has 0 saturated heterocycles. The molecule has 0 saturated carbocycles. The first-order valence-corrected chi connectivity index (χ1v) is 13.1. The monoisotopic (exact) mass is 534 g/mol. The van der Waals surface area contributed by atoms with Gasteiger partial charge in [0.05, 0.1) is 21.5 Å². The summed E-state index contributed by atoms with van der Waals surface area (Å²) in [7, 11) is 0. The Hall–Kier alpha value is -5.02. The van der Waals surface area contributed by atoms with Crippen LogP contribution < -0.4 is 10.9 Å². The summed E-state index contributed by atoms with van der Waals surface area (Å²) in [5.41, 5.74) is 2.34. The summed E-state index contributed by atoms with van der Waals surface area (Å²) in [5.74, 6) is -1.01. The number of amides is 1. The van der Waals surface area contributed by atoms with E-state index in [4.69, 9.17) is 9.72 Å². The maximum atomic E-state index is 13.3. The van der Waals surface area contributed by atoms with E-state index in [0.29, 0.717) is 16.6 Å². The van der Waals surface area contributed by atoms with Crippen molar-refractivity contribution in [3.05, 3.63) is 113 Å². The summed E-state index contributed by atoms with van der Waals surface area (Å²) >= 11 is 1.55.